The number of amides is 2. The molecular formula is C13H16N4O. The number of nitrogens with zero attached hydrogens (tertiary/aromatic N) is 2. The SMILES string of the molecule is O=C(Nc1c[nH]c2ncccc12)N1CCCCC1. The average Bonchev–Trinajstić information content (AvgIpc) is 2.83. The van der Waals surface area contributed by atoms with Crippen LogP contribution in [0.1, 0.15) is 19.3 Å². The Bertz CT molecular complexity index is 557. The summed E-state index contributed by atoms with van der Waals surface area (Å²) in [5, 5.41) is 3.90. The van der Waals surface area contributed by atoms with Crippen LogP contribution < -0.4 is 5.32 Å². The zero-order valence-electron chi connectivity index (χ0n) is 10.1. The molecule has 2 aromatic rings. The molecule has 0 unspecified atom stereocenters. The van der Waals surface area contributed by atoms with Gasteiger partial charge >= 0.3 is 6.03 Å². The smallest absolute Gasteiger partial charge is 0.321 e. The standard InChI is InChI=1S/C13H16N4O/c18-13(17-7-2-1-3-8-17)16-11-9-15-12-10(11)5-4-6-14-12/h4-6,9H,1-3,7-8H2,(H,14,15)(H,16,18). The molecular weight excluding hydrogens is 228 g/mol. The summed E-state index contributed by atoms with van der Waals surface area (Å²) in [7, 11) is 0. The Balaban J connectivity index is 1.77. The Morgan fingerprint density at radius 2 is 2.17 bits per heavy atom. The summed E-state index contributed by atoms with van der Waals surface area (Å²) < 4.78 is 0. The van der Waals surface area contributed by atoms with Crippen molar-refractivity contribution in [1.82, 2.24) is 14.9 Å². The molecule has 1 aliphatic rings. The molecule has 3 heterocycles. The topological polar surface area (TPSA) is 61.0 Å². The number of nitrogens with one attached hydrogen (secondary N) is 2. The van der Waals surface area contributed by atoms with Gasteiger partial charge in [-0.05, 0) is 31.4 Å². The number of aromatic nitrogens is 2. The van der Waals surface area contributed by atoms with E-state index in [1.807, 2.05) is 17.0 Å². The van der Waals surface area contributed by atoms with Gasteiger partial charge in [-0.2, -0.15) is 0 Å². The first-order valence-electron chi connectivity index (χ1n) is 6.32. The van der Waals surface area contributed by atoms with E-state index in [2.05, 4.69) is 15.3 Å². The highest BCUT2D eigenvalue weighted by atomic mass is 16.2. The van der Waals surface area contributed by atoms with Gasteiger partial charge in [-0.1, -0.05) is 0 Å². The van der Waals surface area contributed by atoms with Crippen molar-refractivity contribution < 1.29 is 4.79 Å². The van der Waals surface area contributed by atoms with Crippen LogP contribution in [0.3, 0.4) is 0 Å². The molecule has 0 radical (unpaired) electrons. The molecule has 2 N–H and O–H groups in total. The van der Waals surface area contributed by atoms with Gasteiger partial charge in [0.2, 0.25) is 0 Å². The zero-order chi connectivity index (χ0) is 12.4. The van der Waals surface area contributed by atoms with Crippen LogP contribution in [-0.2, 0) is 0 Å². The van der Waals surface area contributed by atoms with Crippen molar-refractivity contribution in [3.05, 3.63) is 24.5 Å². The van der Waals surface area contributed by atoms with E-state index in [0.717, 1.165) is 42.7 Å². The number of fused-ring (bicyclic) bond motifs is 1. The highest BCUT2D eigenvalue weighted by Crippen LogP contribution is 2.21. The molecule has 0 aromatic carbocycles. The first-order chi connectivity index (χ1) is 8.84. The van der Waals surface area contributed by atoms with Crippen LogP contribution in [0, 0.1) is 0 Å². The lowest BCUT2D eigenvalue weighted by Crippen LogP contribution is -2.38. The third-order valence-electron chi connectivity index (χ3n) is 3.34. The molecule has 0 bridgehead atoms. The van der Waals surface area contributed by atoms with Crippen molar-refractivity contribution in [2.45, 2.75) is 19.3 Å². The van der Waals surface area contributed by atoms with Crippen molar-refractivity contribution in [3.8, 4) is 0 Å². The number of hydrogen-bond acceptors (Lipinski definition) is 2. The molecule has 1 aliphatic heterocycles. The molecule has 1 saturated heterocycles. The summed E-state index contributed by atoms with van der Waals surface area (Å²) in [5.74, 6) is 0. The molecule has 5 nitrogen and oxygen atoms in total. The van der Waals surface area contributed by atoms with Crippen LogP contribution in [0.25, 0.3) is 11.0 Å². The maximum absolute atomic E-state index is 12.1. The van der Waals surface area contributed by atoms with E-state index in [1.54, 1.807) is 12.4 Å². The number of likely N-dealkylation sites (tertiary alicyclic amines) is 1. The second kappa shape index (κ2) is 4.68. The Morgan fingerprint density at radius 1 is 1.33 bits per heavy atom. The molecule has 0 aliphatic carbocycles. The predicted molar refractivity (Wildman–Crippen MR) is 70.5 cm³/mol. The minimum Gasteiger partial charge on any atom is -0.344 e. The fourth-order valence-electron chi connectivity index (χ4n) is 2.35. The molecule has 2 aromatic heterocycles. The number of H-pyrrole nitrogens is 1. The summed E-state index contributed by atoms with van der Waals surface area (Å²) in [6.45, 7) is 1.71. The second-order valence-corrected chi connectivity index (χ2v) is 4.58. The van der Waals surface area contributed by atoms with Gasteiger partial charge in [-0.3, -0.25) is 0 Å². The Labute approximate surface area is 105 Å². The fourth-order valence-corrected chi connectivity index (χ4v) is 2.35. The Morgan fingerprint density at radius 3 is 3.00 bits per heavy atom. The summed E-state index contributed by atoms with van der Waals surface area (Å²) in [4.78, 5) is 21.2. The van der Waals surface area contributed by atoms with Gasteiger partial charge in [0.25, 0.3) is 0 Å². The van der Waals surface area contributed by atoms with Crippen LogP contribution in [0.4, 0.5) is 10.5 Å². The Kier molecular flexibility index (Phi) is 2.88. The molecule has 0 atom stereocenters. The van der Waals surface area contributed by atoms with Crippen LogP contribution in [0.5, 0.6) is 0 Å². The number of pyridine rings is 1. The molecule has 3 rings (SSSR count). The minimum atomic E-state index is -0.0144. The molecule has 1 fully saturated rings. The van der Waals surface area contributed by atoms with Crippen molar-refractivity contribution in [2.24, 2.45) is 0 Å². The molecule has 2 amide bonds. The number of rotatable bonds is 1. The highest BCUT2D eigenvalue weighted by Gasteiger charge is 2.17. The number of aromatic amines is 1. The quantitative estimate of drug-likeness (QED) is 0.810. The third kappa shape index (κ3) is 2.03. The second-order valence-electron chi connectivity index (χ2n) is 4.58. The summed E-state index contributed by atoms with van der Waals surface area (Å²) >= 11 is 0. The van der Waals surface area contributed by atoms with Gasteiger partial charge in [-0.25, -0.2) is 9.78 Å². The van der Waals surface area contributed by atoms with Crippen LogP contribution in [0.15, 0.2) is 24.5 Å². The minimum absolute atomic E-state index is 0.0144. The molecule has 0 spiro atoms. The molecule has 5 heteroatoms. The number of carbonyl (C=O) groups excluding carboxylic acids is 1. The number of hydrogen-bond donors (Lipinski definition) is 2. The Hall–Kier alpha value is -2.04. The highest BCUT2D eigenvalue weighted by molar-refractivity contribution is 5.99. The van der Waals surface area contributed by atoms with Gasteiger partial charge in [0, 0.05) is 30.9 Å². The molecule has 0 saturated carbocycles. The van der Waals surface area contributed by atoms with E-state index in [1.165, 1.54) is 6.42 Å². The maximum Gasteiger partial charge on any atom is 0.321 e. The van der Waals surface area contributed by atoms with Crippen LogP contribution >= 0.6 is 0 Å². The van der Waals surface area contributed by atoms with Gasteiger partial charge in [0.1, 0.15) is 5.65 Å². The number of anilines is 1. The van der Waals surface area contributed by atoms with Crippen molar-refractivity contribution >= 4 is 22.8 Å². The predicted octanol–water partition coefficient (Wildman–Crippen LogP) is 2.58. The lowest BCUT2D eigenvalue weighted by atomic mass is 10.1. The fraction of sp³-hybridized carbons (Fsp3) is 0.385. The molecule has 18 heavy (non-hydrogen) atoms. The van der Waals surface area contributed by atoms with Crippen molar-refractivity contribution in [3.63, 3.8) is 0 Å². The summed E-state index contributed by atoms with van der Waals surface area (Å²) in [6.07, 6.45) is 6.95. The molecule has 94 valence electrons. The van der Waals surface area contributed by atoms with E-state index in [9.17, 15) is 4.79 Å². The average molecular weight is 244 g/mol. The first-order valence-corrected chi connectivity index (χ1v) is 6.32. The van der Waals surface area contributed by atoms with Gasteiger partial charge in [0.15, 0.2) is 0 Å². The number of carbonyl (C=O) groups is 1. The summed E-state index contributed by atoms with van der Waals surface area (Å²) in [6, 6.07) is 3.80. The number of piperidine rings is 1. The maximum atomic E-state index is 12.1. The normalized spacial score (nSPS) is 15.9. The largest absolute Gasteiger partial charge is 0.344 e. The zero-order valence-corrected chi connectivity index (χ0v) is 10.1. The first kappa shape index (κ1) is 11.1. The van der Waals surface area contributed by atoms with E-state index in [0.29, 0.717) is 0 Å². The van der Waals surface area contributed by atoms with Crippen LogP contribution in [0.2, 0.25) is 0 Å². The lowest BCUT2D eigenvalue weighted by Gasteiger charge is -2.26. The van der Waals surface area contributed by atoms with Gasteiger partial charge < -0.3 is 15.2 Å². The van der Waals surface area contributed by atoms with Gasteiger partial charge in [0.05, 0.1) is 5.69 Å². The van der Waals surface area contributed by atoms with E-state index >= 15 is 0 Å². The summed E-state index contributed by atoms with van der Waals surface area (Å²) in [5.41, 5.74) is 1.60. The van der Waals surface area contributed by atoms with Crippen molar-refractivity contribution in [1.29, 1.82) is 0 Å². The van der Waals surface area contributed by atoms with E-state index in [4.69, 9.17) is 0 Å². The van der Waals surface area contributed by atoms with E-state index in [-0.39, 0.29) is 6.03 Å². The monoisotopic (exact) mass is 244 g/mol. The van der Waals surface area contributed by atoms with Crippen LogP contribution in [-0.4, -0.2) is 34.0 Å². The lowest BCUT2D eigenvalue weighted by molar-refractivity contribution is 0.200. The number of urea groups is 1. The van der Waals surface area contributed by atoms with Crippen molar-refractivity contribution in [2.75, 3.05) is 18.4 Å². The third-order valence-corrected chi connectivity index (χ3v) is 3.34. The van der Waals surface area contributed by atoms with E-state index < -0.39 is 0 Å². The van der Waals surface area contributed by atoms with Gasteiger partial charge in [-0.15, -0.1) is 0 Å².